The van der Waals surface area contributed by atoms with Gasteiger partial charge in [0.05, 0.1) is 41.1 Å². The molecule has 0 bridgehead atoms. The summed E-state index contributed by atoms with van der Waals surface area (Å²) in [5.41, 5.74) is 2.08. The molecule has 2 aromatic carbocycles. The van der Waals surface area contributed by atoms with E-state index in [0.29, 0.717) is 5.52 Å². The van der Waals surface area contributed by atoms with E-state index in [-0.39, 0.29) is 11.1 Å². The highest BCUT2D eigenvalue weighted by Crippen LogP contribution is 2.45. The normalized spacial score (nSPS) is 11.8. The number of fused-ring (bicyclic) bond motifs is 3. The topological polar surface area (TPSA) is 57.0 Å². The first-order chi connectivity index (χ1) is 12.7. The molecule has 5 rings (SSSR count). The summed E-state index contributed by atoms with van der Waals surface area (Å²) in [5.74, 6) is -1.10. The number of nitrogens with zero attached hydrogens (tertiary/aromatic N) is 1. The highest BCUT2D eigenvalue weighted by atomic mass is 32.1. The summed E-state index contributed by atoms with van der Waals surface area (Å²) in [6.07, 6.45) is 0. The van der Waals surface area contributed by atoms with Crippen molar-refractivity contribution in [3.05, 3.63) is 53.6 Å². The number of carbonyl (C=O) groups excluding carboxylic acids is 2. The Kier molecular flexibility index (Phi) is 3.02. The fourth-order valence-electron chi connectivity index (χ4n) is 3.80. The molecule has 26 heavy (non-hydrogen) atoms. The van der Waals surface area contributed by atoms with Crippen molar-refractivity contribution in [3.8, 4) is 0 Å². The molecule has 0 atom stereocenters. The highest BCUT2D eigenvalue weighted by Gasteiger charge is 2.30. The van der Waals surface area contributed by atoms with Gasteiger partial charge in [-0.15, -0.1) is 11.3 Å². The summed E-state index contributed by atoms with van der Waals surface area (Å²) in [4.78, 5) is 26.4. The van der Waals surface area contributed by atoms with E-state index < -0.39 is 11.9 Å². The Balaban J connectivity index is 2.20. The first-order valence-electron chi connectivity index (χ1n) is 8.03. The van der Waals surface area contributed by atoms with Crippen LogP contribution in [0.2, 0.25) is 0 Å². The van der Waals surface area contributed by atoms with Crippen LogP contribution in [-0.4, -0.2) is 30.6 Å². The van der Waals surface area contributed by atoms with Gasteiger partial charge in [0.15, 0.2) is 0 Å². The molecule has 0 amide bonds. The summed E-state index contributed by atoms with van der Waals surface area (Å²) in [7, 11) is 2.64. The number of methoxy groups -OCH3 is 2. The zero-order chi connectivity index (χ0) is 18.0. The van der Waals surface area contributed by atoms with E-state index in [2.05, 4.69) is 0 Å². The molecule has 0 aliphatic heterocycles. The predicted octanol–water partition coefficient (Wildman–Crippen LogP) is 4.47. The summed E-state index contributed by atoms with van der Waals surface area (Å²) in [5, 5.41) is 2.72. The van der Waals surface area contributed by atoms with Crippen LogP contribution in [0.3, 0.4) is 0 Å². The molecule has 3 aromatic heterocycles. The minimum Gasteiger partial charge on any atom is -0.465 e. The average Bonchev–Trinajstić information content (AvgIpc) is 3.21. The summed E-state index contributed by atoms with van der Waals surface area (Å²) >= 11 is 1.64. The zero-order valence-corrected chi connectivity index (χ0v) is 14.8. The van der Waals surface area contributed by atoms with Crippen molar-refractivity contribution in [1.29, 1.82) is 0 Å². The molecule has 0 saturated carbocycles. The Morgan fingerprint density at radius 3 is 2.31 bits per heavy atom. The summed E-state index contributed by atoms with van der Waals surface area (Å²) in [6, 6.07) is 13.6. The number of rotatable bonds is 2. The number of pyridine rings is 2. The van der Waals surface area contributed by atoms with E-state index in [1.54, 1.807) is 11.3 Å². The molecule has 6 heteroatoms. The van der Waals surface area contributed by atoms with Gasteiger partial charge in [-0.05, 0) is 17.5 Å². The number of esters is 2. The van der Waals surface area contributed by atoms with Crippen LogP contribution in [0.4, 0.5) is 0 Å². The van der Waals surface area contributed by atoms with Crippen molar-refractivity contribution >= 4 is 60.0 Å². The molecule has 0 aliphatic rings. The lowest BCUT2D eigenvalue weighted by Gasteiger charge is -2.14. The molecule has 0 unspecified atom stereocenters. The van der Waals surface area contributed by atoms with Crippen molar-refractivity contribution in [3.63, 3.8) is 0 Å². The van der Waals surface area contributed by atoms with E-state index in [1.807, 2.05) is 46.9 Å². The Hall–Kier alpha value is -3.12. The Bertz CT molecular complexity index is 1340. The van der Waals surface area contributed by atoms with Gasteiger partial charge in [-0.25, -0.2) is 9.59 Å². The van der Waals surface area contributed by atoms with Crippen LogP contribution < -0.4 is 0 Å². The van der Waals surface area contributed by atoms with Gasteiger partial charge >= 0.3 is 11.9 Å². The predicted molar refractivity (Wildman–Crippen MR) is 102 cm³/mol. The average molecular weight is 363 g/mol. The van der Waals surface area contributed by atoms with Crippen LogP contribution in [-0.2, 0) is 9.47 Å². The minimum absolute atomic E-state index is 0.235. The van der Waals surface area contributed by atoms with E-state index in [4.69, 9.17) is 9.47 Å². The van der Waals surface area contributed by atoms with Gasteiger partial charge in [0.1, 0.15) is 4.83 Å². The van der Waals surface area contributed by atoms with Crippen molar-refractivity contribution in [2.75, 3.05) is 14.2 Å². The van der Waals surface area contributed by atoms with Crippen LogP contribution in [0, 0.1) is 0 Å². The Morgan fingerprint density at radius 1 is 0.885 bits per heavy atom. The zero-order valence-electron chi connectivity index (χ0n) is 14.0. The molecule has 5 aromatic rings. The molecule has 0 spiro atoms. The molecule has 0 aliphatic carbocycles. The number of thiazole rings is 1. The third kappa shape index (κ3) is 1.69. The van der Waals surface area contributed by atoms with Crippen LogP contribution >= 0.6 is 11.3 Å². The molecule has 0 fully saturated rings. The van der Waals surface area contributed by atoms with Crippen molar-refractivity contribution in [1.82, 2.24) is 4.40 Å². The number of carbonyl (C=O) groups is 2. The molecule has 0 N–H and O–H groups in total. The maximum atomic E-state index is 12.7. The van der Waals surface area contributed by atoms with Gasteiger partial charge in [-0.1, -0.05) is 30.3 Å². The fraction of sp³-hybridized carbons (Fsp3) is 0.100. The van der Waals surface area contributed by atoms with Crippen LogP contribution in [0.5, 0.6) is 0 Å². The molecule has 0 radical (unpaired) electrons. The van der Waals surface area contributed by atoms with Crippen molar-refractivity contribution < 1.29 is 19.1 Å². The first-order valence-corrected chi connectivity index (χ1v) is 8.85. The van der Waals surface area contributed by atoms with E-state index in [0.717, 1.165) is 31.2 Å². The lowest BCUT2D eigenvalue weighted by Crippen LogP contribution is -2.15. The van der Waals surface area contributed by atoms with E-state index in [9.17, 15) is 9.59 Å². The number of benzene rings is 1. The smallest absolute Gasteiger partial charge is 0.340 e. The Morgan fingerprint density at radius 2 is 1.58 bits per heavy atom. The second-order valence-electron chi connectivity index (χ2n) is 6.02. The second kappa shape index (κ2) is 5.19. The lowest BCUT2D eigenvalue weighted by molar-refractivity contribution is 0.0558. The second-order valence-corrected chi connectivity index (χ2v) is 7.05. The fourth-order valence-corrected chi connectivity index (χ4v) is 5.02. The van der Waals surface area contributed by atoms with E-state index >= 15 is 0 Å². The third-order valence-corrected chi connectivity index (χ3v) is 5.96. The molecule has 0 saturated heterocycles. The van der Waals surface area contributed by atoms with Gasteiger partial charge in [-0.2, -0.15) is 0 Å². The first kappa shape index (κ1) is 15.2. The minimum atomic E-state index is -0.555. The number of hydrogen-bond donors (Lipinski definition) is 0. The van der Waals surface area contributed by atoms with Crippen molar-refractivity contribution in [2.45, 2.75) is 0 Å². The molecule has 128 valence electrons. The van der Waals surface area contributed by atoms with Crippen molar-refractivity contribution in [2.24, 2.45) is 0 Å². The number of aromatic nitrogens is 1. The van der Waals surface area contributed by atoms with Gasteiger partial charge < -0.3 is 9.47 Å². The highest BCUT2D eigenvalue weighted by molar-refractivity contribution is 7.25. The third-order valence-electron chi connectivity index (χ3n) is 4.81. The largest absolute Gasteiger partial charge is 0.465 e. The van der Waals surface area contributed by atoms with Gasteiger partial charge in [-0.3, -0.25) is 4.40 Å². The molecule has 3 heterocycles. The van der Waals surface area contributed by atoms with Gasteiger partial charge in [0.25, 0.3) is 0 Å². The quantitative estimate of drug-likeness (QED) is 0.434. The molecule has 5 nitrogen and oxygen atoms in total. The maximum Gasteiger partial charge on any atom is 0.340 e. The van der Waals surface area contributed by atoms with Crippen LogP contribution in [0.15, 0.2) is 42.5 Å². The SMILES string of the molecule is COC(=O)c1c(C(=O)OC)c2cccc3sc4c5ccccc5c1c4n32. The standard InChI is InChI=1S/C20H13NO4S/c1-24-19(22)15-12-8-5-9-13-21(12)17-14(16(15)20(23)25-2)10-6-3-4-7-11(10)18(17)26-13/h3-9H,1-2H3. The lowest BCUT2D eigenvalue weighted by atomic mass is 10.0. The number of hydrogen-bond acceptors (Lipinski definition) is 5. The van der Waals surface area contributed by atoms with E-state index in [1.165, 1.54) is 14.2 Å². The number of ether oxygens (including phenoxy) is 2. The van der Waals surface area contributed by atoms with Gasteiger partial charge in [0.2, 0.25) is 0 Å². The molecular weight excluding hydrogens is 350 g/mol. The summed E-state index contributed by atoms with van der Waals surface area (Å²) in [6.45, 7) is 0. The molecular formula is C20H13NO4S. The summed E-state index contributed by atoms with van der Waals surface area (Å²) < 4.78 is 13.2. The Labute approximate surface area is 151 Å². The monoisotopic (exact) mass is 363 g/mol. The van der Waals surface area contributed by atoms with Gasteiger partial charge in [0, 0.05) is 10.8 Å². The van der Waals surface area contributed by atoms with Crippen LogP contribution in [0.25, 0.3) is 36.7 Å². The van der Waals surface area contributed by atoms with Crippen LogP contribution in [0.1, 0.15) is 20.7 Å². The maximum absolute atomic E-state index is 12.7.